The van der Waals surface area contributed by atoms with Crippen LogP contribution in [0.2, 0.25) is 15.1 Å². The molecule has 0 aromatic heterocycles. The maximum absolute atomic E-state index is 11.9. The molecule has 0 fully saturated rings. The highest BCUT2D eigenvalue weighted by molar-refractivity contribution is 6.42. The Morgan fingerprint density at radius 2 is 1.55 bits per heavy atom. The molecule has 11 heteroatoms. The van der Waals surface area contributed by atoms with Gasteiger partial charge in [-0.25, -0.2) is 0 Å². The van der Waals surface area contributed by atoms with E-state index in [0.717, 1.165) is 0 Å². The van der Waals surface area contributed by atoms with E-state index in [9.17, 15) is 19.2 Å². The van der Waals surface area contributed by atoms with Crippen molar-refractivity contribution in [3.05, 3.63) is 63.1 Å². The highest BCUT2D eigenvalue weighted by atomic mass is 35.5. The second-order valence-electron chi connectivity index (χ2n) is 6.17. The first kappa shape index (κ1) is 24.5. The van der Waals surface area contributed by atoms with Gasteiger partial charge in [-0.1, -0.05) is 46.9 Å². The summed E-state index contributed by atoms with van der Waals surface area (Å²) in [5, 5.41) is 3.38. The van der Waals surface area contributed by atoms with Crippen LogP contribution in [0.4, 0.5) is 5.69 Å². The van der Waals surface area contributed by atoms with Gasteiger partial charge in [-0.05, 0) is 36.8 Å². The summed E-state index contributed by atoms with van der Waals surface area (Å²) in [5.74, 6) is -2.25. The molecule has 2 rings (SSSR count). The van der Waals surface area contributed by atoms with E-state index < -0.39 is 30.3 Å². The van der Waals surface area contributed by atoms with Crippen LogP contribution in [0.3, 0.4) is 0 Å². The Labute approximate surface area is 193 Å². The van der Waals surface area contributed by atoms with E-state index in [4.69, 9.17) is 39.5 Å². The minimum absolute atomic E-state index is 0.0344. The fraction of sp³-hybridized carbons (Fsp3) is 0.200. The van der Waals surface area contributed by atoms with Crippen molar-refractivity contribution in [2.75, 3.05) is 11.9 Å². The summed E-state index contributed by atoms with van der Waals surface area (Å²) >= 11 is 17.5. The molecular formula is C20H18Cl3N3O5. The average Bonchev–Trinajstić information content (AvgIpc) is 2.73. The largest absolute Gasteiger partial charge is 0.456 e. The highest BCUT2D eigenvalue weighted by Gasteiger charge is 2.12. The van der Waals surface area contributed by atoms with Crippen molar-refractivity contribution < 1.29 is 23.9 Å². The molecule has 2 aromatic carbocycles. The fourth-order valence-corrected chi connectivity index (χ4v) is 2.80. The fourth-order valence-electron chi connectivity index (χ4n) is 2.28. The zero-order chi connectivity index (χ0) is 22.8. The highest BCUT2D eigenvalue weighted by Crippen LogP contribution is 2.24. The maximum Gasteiger partial charge on any atom is 0.306 e. The molecule has 0 heterocycles. The zero-order valence-corrected chi connectivity index (χ0v) is 18.3. The number of carbonyl (C=O) groups is 4. The molecule has 0 spiro atoms. The standard InChI is InChI=1S/C20H18Cl3N3O5/c21-14-5-2-1-4-13(14)20(30)26-25-17(27)6-3-7-19(29)31-11-18(28)24-12-8-9-15(22)16(23)10-12/h1-2,4-5,8-10H,3,6-7,11H2,(H,24,28)(H,25,27)(H,26,30). The first-order chi connectivity index (χ1) is 14.8. The zero-order valence-electron chi connectivity index (χ0n) is 16.0. The SMILES string of the molecule is O=C(CCCC(=O)OCC(=O)Nc1ccc(Cl)c(Cl)c1)NNC(=O)c1ccccc1Cl. The lowest BCUT2D eigenvalue weighted by atomic mass is 10.2. The number of nitrogens with one attached hydrogen (secondary N) is 3. The summed E-state index contributed by atoms with van der Waals surface area (Å²) in [5.41, 5.74) is 5.10. The van der Waals surface area contributed by atoms with Gasteiger partial charge in [0.1, 0.15) is 0 Å². The summed E-state index contributed by atoms with van der Waals surface area (Å²) in [6, 6.07) is 10.9. The van der Waals surface area contributed by atoms with Crippen LogP contribution in [-0.2, 0) is 19.1 Å². The van der Waals surface area contributed by atoms with E-state index in [2.05, 4.69) is 16.2 Å². The number of halogens is 3. The third kappa shape index (κ3) is 8.45. The van der Waals surface area contributed by atoms with Gasteiger partial charge in [0.15, 0.2) is 6.61 Å². The molecule has 0 saturated heterocycles. The molecule has 0 saturated carbocycles. The van der Waals surface area contributed by atoms with Crippen LogP contribution >= 0.6 is 34.8 Å². The Bertz CT molecular complexity index is 984. The molecule has 0 unspecified atom stereocenters. The number of benzene rings is 2. The van der Waals surface area contributed by atoms with Crippen molar-refractivity contribution in [1.82, 2.24) is 10.9 Å². The number of hydrazine groups is 1. The number of carbonyl (C=O) groups excluding carboxylic acids is 4. The van der Waals surface area contributed by atoms with Gasteiger partial charge in [0.25, 0.3) is 11.8 Å². The quantitative estimate of drug-likeness (QED) is 0.388. The summed E-state index contributed by atoms with van der Waals surface area (Å²) < 4.78 is 4.85. The van der Waals surface area contributed by atoms with Gasteiger partial charge in [0.2, 0.25) is 5.91 Å². The Balaban J connectivity index is 1.62. The number of hydrogen-bond acceptors (Lipinski definition) is 5. The van der Waals surface area contributed by atoms with E-state index in [-0.39, 0.29) is 34.9 Å². The lowest BCUT2D eigenvalue weighted by Crippen LogP contribution is -2.41. The summed E-state index contributed by atoms with van der Waals surface area (Å²) in [4.78, 5) is 47.2. The van der Waals surface area contributed by atoms with Crippen LogP contribution in [0.15, 0.2) is 42.5 Å². The van der Waals surface area contributed by atoms with Crippen LogP contribution in [0.5, 0.6) is 0 Å². The topological polar surface area (TPSA) is 114 Å². The monoisotopic (exact) mass is 485 g/mol. The molecule has 0 aliphatic carbocycles. The van der Waals surface area contributed by atoms with Crippen molar-refractivity contribution in [3.63, 3.8) is 0 Å². The summed E-state index contributed by atoms with van der Waals surface area (Å²) in [6.45, 7) is -0.487. The van der Waals surface area contributed by atoms with Crippen molar-refractivity contribution >= 4 is 64.2 Å². The number of hydrogen-bond donors (Lipinski definition) is 3. The molecule has 0 aliphatic rings. The molecule has 8 nitrogen and oxygen atoms in total. The summed E-state index contributed by atoms with van der Waals surface area (Å²) in [6.07, 6.45) is 0.0559. The number of rotatable bonds is 8. The van der Waals surface area contributed by atoms with Crippen LogP contribution < -0.4 is 16.2 Å². The average molecular weight is 487 g/mol. The Morgan fingerprint density at radius 3 is 2.26 bits per heavy atom. The van der Waals surface area contributed by atoms with Gasteiger partial charge in [-0.15, -0.1) is 0 Å². The van der Waals surface area contributed by atoms with E-state index >= 15 is 0 Å². The van der Waals surface area contributed by atoms with E-state index in [0.29, 0.717) is 10.7 Å². The Kier molecular flexibility index (Phi) is 9.58. The molecule has 2 aromatic rings. The minimum atomic E-state index is -0.641. The third-order valence-electron chi connectivity index (χ3n) is 3.79. The second kappa shape index (κ2) is 12.1. The molecule has 0 bridgehead atoms. The molecule has 0 aliphatic heterocycles. The predicted molar refractivity (Wildman–Crippen MR) is 117 cm³/mol. The molecule has 0 radical (unpaired) electrons. The molecule has 3 amide bonds. The van der Waals surface area contributed by atoms with Gasteiger partial charge in [0, 0.05) is 18.5 Å². The first-order valence-corrected chi connectivity index (χ1v) is 10.1. The van der Waals surface area contributed by atoms with Crippen molar-refractivity contribution in [2.45, 2.75) is 19.3 Å². The van der Waals surface area contributed by atoms with E-state index in [1.807, 2.05) is 0 Å². The molecule has 0 atom stereocenters. The van der Waals surface area contributed by atoms with Crippen LogP contribution in [0.1, 0.15) is 29.6 Å². The number of amides is 3. The molecule has 164 valence electrons. The molecule has 31 heavy (non-hydrogen) atoms. The van der Waals surface area contributed by atoms with Crippen LogP contribution in [-0.4, -0.2) is 30.3 Å². The third-order valence-corrected chi connectivity index (χ3v) is 4.85. The van der Waals surface area contributed by atoms with Crippen molar-refractivity contribution in [2.24, 2.45) is 0 Å². The van der Waals surface area contributed by atoms with Crippen LogP contribution in [0, 0.1) is 0 Å². The number of esters is 1. The number of ether oxygens (including phenoxy) is 1. The van der Waals surface area contributed by atoms with Crippen molar-refractivity contribution in [3.8, 4) is 0 Å². The lowest BCUT2D eigenvalue weighted by molar-refractivity contribution is -0.147. The Morgan fingerprint density at radius 1 is 0.806 bits per heavy atom. The van der Waals surface area contributed by atoms with Gasteiger partial charge < -0.3 is 10.1 Å². The number of anilines is 1. The minimum Gasteiger partial charge on any atom is -0.456 e. The first-order valence-electron chi connectivity index (χ1n) is 9.00. The Hall–Kier alpha value is -2.81. The van der Waals surface area contributed by atoms with E-state index in [1.165, 1.54) is 18.2 Å². The predicted octanol–water partition coefficient (Wildman–Crippen LogP) is 3.76. The molecular weight excluding hydrogens is 469 g/mol. The molecule has 3 N–H and O–H groups in total. The van der Waals surface area contributed by atoms with Gasteiger partial charge in [-0.3, -0.25) is 30.0 Å². The van der Waals surface area contributed by atoms with Gasteiger partial charge >= 0.3 is 5.97 Å². The van der Waals surface area contributed by atoms with Gasteiger partial charge in [0.05, 0.1) is 20.6 Å². The maximum atomic E-state index is 11.9. The van der Waals surface area contributed by atoms with Gasteiger partial charge in [-0.2, -0.15) is 0 Å². The smallest absolute Gasteiger partial charge is 0.306 e. The van der Waals surface area contributed by atoms with Crippen LogP contribution in [0.25, 0.3) is 0 Å². The second-order valence-corrected chi connectivity index (χ2v) is 7.40. The lowest BCUT2D eigenvalue weighted by Gasteiger charge is -2.09. The normalized spacial score (nSPS) is 10.2. The van der Waals surface area contributed by atoms with Crippen molar-refractivity contribution in [1.29, 1.82) is 0 Å². The van der Waals surface area contributed by atoms with E-state index in [1.54, 1.807) is 24.3 Å². The summed E-state index contributed by atoms with van der Waals surface area (Å²) in [7, 11) is 0.